The number of carbonyl (C=O) groups excluding carboxylic acids is 1. The van der Waals surface area contributed by atoms with Gasteiger partial charge in [0, 0.05) is 18.1 Å². The van der Waals surface area contributed by atoms with Gasteiger partial charge in [0.2, 0.25) is 0 Å². The standard InChI is InChI=1S/C19H26N4O2.ClH/c1-15(2)25-14-16-5-3-6-17(13-16)22-18(24)19(7-10-20-11-8-19)23-12-4-9-21-23;/h3-6,9,12-13,15,20H,7-8,10-11,14H2,1-2H3,(H,22,24);1H. The largest absolute Gasteiger partial charge is 0.374 e. The molecule has 0 radical (unpaired) electrons. The number of amides is 1. The van der Waals surface area contributed by atoms with E-state index in [0.717, 1.165) is 37.2 Å². The number of nitrogens with one attached hydrogen (secondary N) is 2. The Hall–Kier alpha value is -1.89. The summed E-state index contributed by atoms with van der Waals surface area (Å²) < 4.78 is 7.45. The van der Waals surface area contributed by atoms with E-state index in [1.54, 1.807) is 10.9 Å². The number of anilines is 1. The van der Waals surface area contributed by atoms with Crippen LogP contribution < -0.4 is 10.6 Å². The molecule has 1 amide bonds. The van der Waals surface area contributed by atoms with E-state index >= 15 is 0 Å². The van der Waals surface area contributed by atoms with Crippen LogP contribution in [0, 0.1) is 0 Å². The Morgan fingerprint density at radius 2 is 2.12 bits per heavy atom. The van der Waals surface area contributed by atoms with Gasteiger partial charge in [0.15, 0.2) is 0 Å². The first kappa shape index (κ1) is 20.4. The number of ether oxygens (including phenoxy) is 1. The molecule has 142 valence electrons. The highest BCUT2D eigenvalue weighted by molar-refractivity contribution is 5.96. The summed E-state index contributed by atoms with van der Waals surface area (Å²) in [5.41, 5.74) is 1.20. The van der Waals surface area contributed by atoms with Gasteiger partial charge in [-0.2, -0.15) is 5.10 Å². The quantitative estimate of drug-likeness (QED) is 0.810. The van der Waals surface area contributed by atoms with Crippen molar-refractivity contribution in [1.29, 1.82) is 0 Å². The van der Waals surface area contributed by atoms with E-state index in [9.17, 15) is 4.79 Å². The summed E-state index contributed by atoms with van der Waals surface area (Å²) in [6, 6.07) is 9.69. The molecule has 6 nitrogen and oxygen atoms in total. The van der Waals surface area contributed by atoms with Crippen molar-refractivity contribution in [3.8, 4) is 0 Å². The number of hydrogen-bond acceptors (Lipinski definition) is 4. The number of aromatic nitrogens is 2. The smallest absolute Gasteiger partial charge is 0.252 e. The van der Waals surface area contributed by atoms with Gasteiger partial charge in [-0.3, -0.25) is 9.48 Å². The summed E-state index contributed by atoms with van der Waals surface area (Å²) in [5.74, 6) is -0.0142. The zero-order chi connectivity index (χ0) is 17.7. The molecular formula is C19H27ClN4O2. The van der Waals surface area contributed by atoms with E-state index < -0.39 is 5.54 Å². The molecule has 7 heteroatoms. The molecule has 0 unspecified atom stereocenters. The second-order valence-corrected chi connectivity index (χ2v) is 6.75. The van der Waals surface area contributed by atoms with Crippen LogP contribution in [0.25, 0.3) is 0 Å². The molecule has 2 N–H and O–H groups in total. The van der Waals surface area contributed by atoms with Gasteiger partial charge in [0.05, 0.1) is 12.7 Å². The third kappa shape index (κ3) is 4.63. The number of hydrogen-bond donors (Lipinski definition) is 2. The van der Waals surface area contributed by atoms with Crippen molar-refractivity contribution in [3.05, 3.63) is 48.3 Å². The van der Waals surface area contributed by atoms with E-state index in [4.69, 9.17) is 4.74 Å². The number of piperidine rings is 1. The van der Waals surface area contributed by atoms with Gasteiger partial charge in [-0.15, -0.1) is 12.4 Å². The van der Waals surface area contributed by atoms with Crippen molar-refractivity contribution in [2.24, 2.45) is 0 Å². The Bertz CT molecular complexity index is 697. The minimum atomic E-state index is -0.640. The maximum absolute atomic E-state index is 13.1. The molecule has 1 aromatic heterocycles. The van der Waals surface area contributed by atoms with Gasteiger partial charge in [0.1, 0.15) is 5.54 Å². The Kier molecular flexibility index (Phi) is 7.20. The van der Waals surface area contributed by atoms with Gasteiger partial charge in [-0.05, 0) is 63.5 Å². The summed E-state index contributed by atoms with van der Waals surface area (Å²) >= 11 is 0. The lowest BCUT2D eigenvalue weighted by molar-refractivity contribution is -0.126. The summed E-state index contributed by atoms with van der Waals surface area (Å²) in [6.45, 7) is 6.16. The van der Waals surface area contributed by atoms with Crippen LogP contribution in [-0.4, -0.2) is 34.9 Å². The van der Waals surface area contributed by atoms with E-state index in [1.807, 2.05) is 50.4 Å². The molecule has 3 rings (SSSR count). The Labute approximate surface area is 160 Å². The van der Waals surface area contributed by atoms with Gasteiger partial charge in [-0.25, -0.2) is 0 Å². The average molecular weight is 379 g/mol. The fourth-order valence-corrected chi connectivity index (χ4v) is 3.17. The lowest BCUT2D eigenvalue weighted by Gasteiger charge is -2.36. The Morgan fingerprint density at radius 1 is 1.35 bits per heavy atom. The third-order valence-electron chi connectivity index (χ3n) is 4.56. The monoisotopic (exact) mass is 378 g/mol. The van der Waals surface area contributed by atoms with Gasteiger partial charge in [-0.1, -0.05) is 12.1 Å². The molecule has 1 aliphatic heterocycles. The molecular weight excluding hydrogens is 352 g/mol. The fraction of sp³-hybridized carbons (Fsp3) is 0.474. The predicted molar refractivity (Wildman–Crippen MR) is 105 cm³/mol. The Morgan fingerprint density at radius 3 is 2.77 bits per heavy atom. The van der Waals surface area contributed by atoms with Crippen molar-refractivity contribution >= 4 is 24.0 Å². The highest BCUT2D eigenvalue weighted by Crippen LogP contribution is 2.29. The first-order valence-electron chi connectivity index (χ1n) is 8.83. The van der Waals surface area contributed by atoms with Crippen LogP contribution in [-0.2, 0) is 21.7 Å². The topological polar surface area (TPSA) is 68.2 Å². The average Bonchev–Trinajstić information content (AvgIpc) is 3.16. The van der Waals surface area contributed by atoms with Gasteiger partial charge in [0.25, 0.3) is 5.91 Å². The molecule has 2 heterocycles. The summed E-state index contributed by atoms with van der Waals surface area (Å²) in [7, 11) is 0. The molecule has 1 fully saturated rings. The van der Waals surface area contributed by atoms with Crippen molar-refractivity contribution in [2.75, 3.05) is 18.4 Å². The van der Waals surface area contributed by atoms with Crippen molar-refractivity contribution < 1.29 is 9.53 Å². The number of nitrogens with zero attached hydrogens (tertiary/aromatic N) is 2. The minimum Gasteiger partial charge on any atom is -0.374 e. The molecule has 1 aromatic carbocycles. The number of benzene rings is 1. The van der Waals surface area contributed by atoms with Crippen LogP contribution >= 0.6 is 12.4 Å². The highest BCUT2D eigenvalue weighted by Gasteiger charge is 2.42. The maximum Gasteiger partial charge on any atom is 0.252 e. The van der Waals surface area contributed by atoms with Crippen LogP contribution in [0.4, 0.5) is 5.69 Å². The van der Waals surface area contributed by atoms with Crippen LogP contribution in [0.2, 0.25) is 0 Å². The molecule has 1 aliphatic rings. The molecule has 26 heavy (non-hydrogen) atoms. The highest BCUT2D eigenvalue weighted by atomic mass is 35.5. The molecule has 0 spiro atoms. The predicted octanol–water partition coefficient (Wildman–Crippen LogP) is 2.95. The van der Waals surface area contributed by atoms with Gasteiger partial charge < -0.3 is 15.4 Å². The van der Waals surface area contributed by atoms with Crippen LogP contribution in [0.5, 0.6) is 0 Å². The zero-order valence-electron chi connectivity index (χ0n) is 15.3. The second kappa shape index (κ2) is 9.16. The van der Waals surface area contributed by atoms with E-state index in [0.29, 0.717) is 6.61 Å². The minimum absolute atomic E-state index is 0. The first-order valence-corrected chi connectivity index (χ1v) is 8.83. The molecule has 0 saturated carbocycles. The van der Waals surface area contributed by atoms with E-state index in [2.05, 4.69) is 15.7 Å². The fourth-order valence-electron chi connectivity index (χ4n) is 3.17. The number of carbonyl (C=O) groups is 1. The summed E-state index contributed by atoms with van der Waals surface area (Å²) in [4.78, 5) is 13.1. The zero-order valence-corrected chi connectivity index (χ0v) is 16.1. The SMILES string of the molecule is CC(C)OCc1cccc(NC(=O)C2(n3cccn3)CCNCC2)c1.Cl. The van der Waals surface area contributed by atoms with Crippen molar-refractivity contribution in [2.45, 2.75) is 44.9 Å². The molecule has 0 aliphatic carbocycles. The van der Waals surface area contributed by atoms with Crippen molar-refractivity contribution in [3.63, 3.8) is 0 Å². The van der Waals surface area contributed by atoms with Crippen LogP contribution in [0.3, 0.4) is 0 Å². The lowest BCUT2D eigenvalue weighted by Crippen LogP contribution is -2.52. The van der Waals surface area contributed by atoms with Crippen LogP contribution in [0.15, 0.2) is 42.7 Å². The van der Waals surface area contributed by atoms with Crippen molar-refractivity contribution in [1.82, 2.24) is 15.1 Å². The molecule has 2 aromatic rings. The maximum atomic E-state index is 13.1. The van der Waals surface area contributed by atoms with Crippen LogP contribution in [0.1, 0.15) is 32.3 Å². The van der Waals surface area contributed by atoms with Gasteiger partial charge >= 0.3 is 0 Å². The first-order chi connectivity index (χ1) is 12.1. The second-order valence-electron chi connectivity index (χ2n) is 6.75. The van der Waals surface area contributed by atoms with E-state index in [-0.39, 0.29) is 24.4 Å². The summed E-state index contributed by atoms with van der Waals surface area (Å²) in [5, 5.41) is 10.8. The Balaban J connectivity index is 0.00000243. The number of rotatable bonds is 6. The van der Waals surface area contributed by atoms with E-state index in [1.165, 1.54) is 0 Å². The molecule has 0 atom stereocenters. The number of halogens is 1. The molecule has 0 bridgehead atoms. The lowest BCUT2D eigenvalue weighted by atomic mass is 9.87. The normalized spacial score (nSPS) is 16.1. The third-order valence-corrected chi connectivity index (χ3v) is 4.56. The summed E-state index contributed by atoms with van der Waals surface area (Å²) in [6.07, 6.45) is 5.21. The molecule has 1 saturated heterocycles.